The van der Waals surface area contributed by atoms with Crippen molar-refractivity contribution in [1.82, 2.24) is 9.97 Å². The van der Waals surface area contributed by atoms with Crippen molar-refractivity contribution in [2.24, 2.45) is 5.92 Å². The highest BCUT2D eigenvalue weighted by Crippen LogP contribution is 2.30. The first kappa shape index (κ1) is 16.0. The summed E-state index contributed by atoms with van der Waals surface area (Å²) < 4.78 is 37.8. The monoisotopic (exact) mass is 295 g/mol. The Morgan fingerprint density at radius 3 is 2.32 bits per heavy atom. The van der Waals surface area contributed by atoms with E-state index in [0.29, 0.717) is 5.92 Å². The number of anilines is 1. The standard InChI is InChI=1S/C12H17ClF3N3/c1-4-8(5-2)7(3)17-10-6-9(12(14,15)16)18-11(13)19-10/h6-8H,4-5H2,1-3H3,(H,17,18,19). The zero-order valence-electron chi connectivity index (χ0n) is 11.1. The van der Waals surface area contributed by atoms with Crippen LogP contribution in [0.15, 0.2) is 6.07 Å². The Balaban J connectivity index is 2.93. The molecule has 1 unspecified atom stereocenters. The molecular formula is C12H17ClF3N3. The first-order valence-electron chi connectivity index (χ1n) is 6.16. The van der Waals surface area contributed by atoms with Gasteiger partial charge >= 0.3 is 6.18 Å². The number of aromatic nitrogens is 2. The molecule has 0 aliphatic rings. The lowest BCUT2D eigenvalue weighted by atomic mass is 9.95. The summed E-state index contributed by atoms with van der Waals surface area (Å²) in [6.45, 7) is 6.00. The Hall–Kier alpha value is -1.04. The molecule has 0 aromatic carbocycles. The fraction of sp³-hybridized carbons (Fsp3) is 0.667. The van der Waals surface area contributed by atoms with Gasteiger partial charge < -0.3 is 5.32 Å². The molecule has 1 N–H and O–H groups in total. The van der Waals surface area contributed by atoms with Crippen molar-refractivity contribution in [3.05, 3.63) is 17.0 Å². The summed E-state index contributed by atoms with van der Waals surface area (Å²) in [5, 5.41) is 2.55. The Morgan fingerprint density at radius 1 is 1.26 bits per heavy atom. The van der Waals surface area contributed by atoms with Crippen LogP contribution in [0.3, 0.4) is 0 Å². The van der Waals surface area contributed by atoms with E-state index < -0.39 is 17.2 Å². The van der Waals surface area contributed by atoms with E-state index in [0.717, 1.165) is 18.9 Å². The van der Waals surface area contributed by atoms with Crippen molar-refractivity contribution >= 4 is 17.4 Å². The maximum Gasteiger partial charge on any atom is 0.433 e. The molecule has 0 saturated heterocycles. The van der Waals surface area contributed by atoms with Crippen LogP contribution in [0.2, 0.25) is 5.28 Å². The lowest BCUT2D eigenvalue weighted by Crippen LogP contribution is -2.26. The van der Waals surface area contributed by atoms with Gasteiger partial charge in [0.05, 0.1) is 0 Å². The molecule has 1 aromatic heterocycles. The molecule has 0 bridgehead atoms. The highest BCUT2D eigenvalue weighted by Gasteiger charge is 2.33. The fourth-order valence-corrected chi connectivity index (χ4v) is 2.17. The quantitative estimate of drug-likeness (QED) is 0.819. The number of halogens is 4. The number of alkyl halides is 3. The van der Waals surface area contributed by atoms with Gasteiger partial charge in [0.2, 0.25) is 5.28 Å². The van der Waals surface area contributed by atoms with Crippen molar-refractivity contribution in [1.29, 1.82) is 0 Å². The predicted octanol–water partition coefficient (Wildman–Crippen LogP) is 4.39. The Labute approximate surface area is 115 Å². The van der Waals surface area contributed by atoms with Gasteiger partial charge in [-0.3, -0.25) is 0 Å². The van der Waals surface area contributed by atoms with Gasteiger partial charge in [-0.05, 0) is 24.4 Å². The second-order valence-electron chi connectivity index (χ2n) is 4.41. The van der Waals surface area contributed by atoms with E-state index in [9.17, 15) is 13.2 Å². The molecule has 0 aliphatic heterocycles. The number of hydrogen-bond acceptors (Lipinski definition) is 3. The smallest absolute Gasteiger partial charge is 0.367 e. The molecule has 0 fully saturated rings. The average Bonchev–Trinajstić information content (AvgIpc) is 2.28. The maximum atomic E-state index is 12.6. The van der Waals surface area contributed by atoms with E-state index in [1.165, 1.54) is 0 Å². The van der Waals surface area contributed by atoms with Gasteiger partial charge in [0.15, 0.2) is 5.69 Å². The molecule has 0 radical (unpaired) electrons. The van der Waals surface area contributed by atoms with Gasteiger partial charge in [0.1, 0.15) is 5.82 Å². The highest BCUT2D eigenvalue weighted by molar-refractivity contribution is 6.28. The van der Waals surface area contributed by atoms with Gasteiger partial charge in [-0.15, -0.1) is 0 Å². The number of hydrogen-bond donors (Lipinski definition) is 1. The minimum atomic E-state index is -4.53. The van der Waals surface area contributed by atoms with Crippen LogP contribution in [-0.4, -0.2) is 16.0 Å². The molecule has 1 aromatic rings. The van der Waals surface area contributed by atoms with E-state index in [1.54, 1.807) is 0 Å². The minimum absolute atomic E-state index is 0.0158. The molecule has 108 valence electrons. The Bertz CT molecular complexity index is 419. The molecule has 1 heterocycles. The molecule has 1 atom stereocenters. The summed E-state index contributed by atoms with van der Waals surface area (Å²) in [4.78, 5) is 6.97. The minimum Gasteiger partial charge on any atom is -0.367 e. The van der Waals surface area contributed by atoms with Crippen LogP contribution in [0.25, 0.3) is 0 Å². The van der Waals surface area contributed by atoms with Crippen LogP contribution < -0.4 is 5.32 Å². The fourth-order valence-electron chi connectivity index (χ4n) is 1.98. The highest BCUT2D eigenvalue weighted by atomic mass is 35.5. The second kappa shape index (κ2) is 6.41. The second-order valence-corrected chi connectivity index (χ2v) is 4.75. The van der Waals surface area contributed by atoms with Crippen molar-refractivity contribution in [2.45, 2.75) is 45.8 Å². The zero-order chi connectivity index (χ0) is 14.6. The van der Waals surface area contributed by atoms with Gasteiger partial charge in [-0.1, -0.05) is 26.7 Å². The van der Waals surface area contributed by atoms with Crippen molar-refractivity contribution in [3.63, 3.8) is 0 Å². The third-order valence-corrected chi connectivity index (χ3v) is 3.29. The largest absolute Gasteiger partial charge is 0.433 e. The van der Waals surface area contributed by atoms with Gasteiger partial charge in [-0.2, -0.15) is 13.2 Å². The van der Waals surface area contributed by atoms with E-state index in [2.05, 4.69) is 15.3 Å². The number of nitrogens with one attached hydrogen (secondary N) is 1. The normalized spacial score (nSPS) is 13.7. The van der Waals surface area contributed by atoms with Gasteiger partial charge in [0.25, 0.3) is 0 Å². The van der Waals surface area contributed by atoms with Crippen molar-refractivity contribution < 1.29 is 13.2 Å². The summed E-state index contributed by atoms with van der Waals surface area (Å²) in [7, 11) is 0. The van der Waals surface area contributed by atoms with E-state index in [-0.39, 0.29) is 11.9 Å². The third kappa shape index (κ3) is 4.53. The van der Waals surface area contributed by atoms with Gasteiger partial charge in [0, 0.05) is 12.1 Å². The van der Waals surface area contributed by atoms with Crippen LogP contribution in [-0.2, 0) is 6.18 Å². The van der Waals surface area contributed by atoms with Crippen LogP contribution in [0, 0.1) is 5.92 Å². The SMILES string of the molecule is CCC(CC)C(C)Nc1cc(C(F)(F)F)nc(Cl)n1. The topological polar surface area (TPSA) is 37.8 Å². The van der Waals surface area contributed by atoms with Gasteiger partial charge in [-0.25, -0.2) is 9.97 Å². The lowest BCUT2D eigenvalue weighted by molar-refractivity contribution is -0.141. The van der Waals surface area contributed by atoms with E-state index in [1.807, 2.05) is 20.8 Å². The predicted molar refractivity (Wildman–Crippen MR) is 69.2 cm³/mol. The molecule has 0 amide bonds. The average molecular weight is 296 g/mol. The number of nitrogens with zero attached hydrogens (tertiary/aromatic N) is 2. The van der Waals surface area contributed by atoms with Crippen LogP contribution in [0.5, 0.6) is 0 Å². The van der Waals surface area contributed by atoms with E-state index >= 15 is 0 Å². The summed E-state index contributed by atoms with van der Waals surface area (Å²) >= 11 is 5.52. The van der Waals surface area contributed by atoms with Crippen LogP contribution >= 0.6 is 11.6 Å². The first-order chi connectivity index (χ1) is 8.77. The molecule has 0 spiro atoms. The molecule has 3 nitrogen and oxygen atoms in total. The van der Waals surface area contributed by atoms with Crippen LogP contribution in [0.4, 0.5) is 19.0 Å². The Morgan fingerprint density at radius 2 is 1.84 bits per heavy atom. The molecule has 1 rings (SSSR count). The van der Waals surface area contributed by atoms with E-state index in [4.69, 9.17) is 11.6 Å². The summed E-state index contributed by atoms with van der Waals surface area (Å²) in [5.41, 5.74) is -1.04. The Kier molecular flexibility index (Phi) is 5.40. The molecule has 0 aliphatic carbocycles. The summed E-state index contributed by atoms with van der Waals surface area (Å²) in [6, 6.07) is 0.896. The van der Waals surface area contributed by atoms with Crippen molar-refractivity contribution in [2.75, 3.05) is 5.32 Å². The summed E-state index contributed by atoms with van der Waals surface area (Å²) in [6.07, 6.45) is -2.65. The maximum absolute atomic E-state index is 12.6. The summed E-state index contributed by atoms with van der Waals surface area (Å²) in [5.74, 6) is 0.467. The zero-order valence-corrected chi connectivity index (χ0v) is 11.8. The molecule has 19 heavy (non-hydrogen) atoms. The lowest BCUT2D eigenvalue weighted by Gasteiger charge is -2.23. The molecule has 7 heteroatoms. The third-order valence-electron chi connectivity index (χ3n) is 3.12. The first-order valence-corrected chi connectivity index (χ1v) is 6.54. The van der Waals surface area contributed by atoms with Crippen LogP contribution in [0.1, 0.15) is 39.3 Å². The molecular weight excluding hydrogens is 279 g/mol. The van der Waals surface area contributed by atoms with Crippen molar-refractivity contribution in [3.8, 4) is 0 Å². The molecule has 0 saturated carbocycles. The number of rotatable bonds is 5.